The molecule has 144 valence electrons. The smallest absolute Gasteiger partial charge is 0.352 e. The average molecular weight is 367 g/mol. The van der Waals surface area contributed by atoms with Gasteiger partial charge in [0.2, 0.25) is 5.60 Å². The molecule has 2 aromatic rings. The molecule has 2 aromatic carbocycles. The standard InChI is InChI=1S/C23H29NO3/c1-18(19-11-7-5-8-12-19)24-16-15-23(17-24,21(25)27-22(2,3)4)26-20-13-9-6-10-14-20/h5-14,18H,15-17H2,1-4H3/t18-,23?/m1/s1. The number of para-hydroxylation sites is 1. The van der Waals surface area contributed by atoms with Crippen molar-refractivity contribution in [3.05, 3.63) is 66.2 Å². The van der Waals surface area contributed by atoms with Gasteiger partial charge in [0, 0.05) is 25.6 Å². The van der Waals surface area contributed by atoms with Crippen molar-refractivity contribution in [2.45, 2.75) is 51.4 Å². The van der Waals surface area contributed by atoms with E-state index in [1.54, 1.807) is 0 Å². The van der Waals surface area contributed by atoms with Gasteiger partial charge in [-0.25, -0.2) is 4.79 Å². The second-order valence-electron chi connectivity index (χ2n) is 8.22. The van der Waals surface area contributed by atoms with Crippen molar-refractivity contribution in [3.63, 3.8) is 0 Å². The van der Waals surface area contributed by atoms with E-state index in [1.807, 2.05) is 69.3 Å². The molecule has 1 aliphatic rings. The zero-order chi connectivity index (χ0) is 19.5. The van der Waals surface area contributed by atoms with Gasteiger partial charge in [0.1, 0.15) is 11.4 Å². The molecule has 1 unspecified atom stereocenters. The van der Waals surface area contributed by atoms with Crippen LogP contribution in [-0.4, -0.2) is 35.2 Å². The van der Waals surface area contributed by atoms with E-state index in [1.165, 1.54) is 5.56 Å². The number of benzene rings is 2. The summed E-state index contributed by atoms with van der Waals surface area (Å²) >= 11 is 0. The fourth-order valence-corrected chi connectivity index (χ4v) is 3.46. The van der Waals surface area contributed by atoms with E-state index in [2.05, 4.69) is 24.0 Å². The Kier molecular flexibility index (Phi) is 5.56. The molecule has 2 atom stereocenters. The lowest BCUT2D eigenvalue weighted by Crippen LogP contribution is -2.50. The number of hydrogen-bond acceptors (Lipinski definition) is 4. The van der Waals surface area contributed by atoms with Crippen LogP contribution in [-0.2, 0) is 9.53 Å². The van der Waals surface area contributed by atoms with Crippen molar-refractivity contribution in [2.75, 3.05) is 13.1 Å². The highest BCUT2D eigenvalue weighted by atomic mass is 16.6. The van der Waals surface area contributed by atoms with Crippen LogP contribution in [0.25, 0.3) is 0 Å². The zero-order valence-corrected chi connectivity index (χ0v) is 16.6. The molecule has 4 nitrogen and oxygen atoms in total. The van der Waals surface area contributed by atoms with Gasteiger partial charge in [-0.15, -0.1) is 0 Å². The second-order valence-corrected chi connectivity index (χ2v) is 8.22. The maximum absolute atomic E-state index is 13.1. The summed E-state index contributed by atoms with van der Waals surface area (Å²) < 4.78 is 12.0. The summed E-state index contributed by atoms with van der Waals surface area (Å²) in [4.78, 5) is 15.4. The normalized spacial score (nSPS) is 21.6. The number of carbonyl (C=O) groups excluding carboxylic acids is 1. The van der Waals surface area contributed by atoms with Crippen molar-refractivity contribution < 1.29 is 14.3 Å². The first-order valence-electron chi connectivity index (χ1n) is 9.56. The van der Waals surface area contributed by atoms with Crippen molar-refractivity contribution in [1.29, 1.82) is 0 Å². The molecule has 0 aromatic heterocycles. The third-order valence-corrected chi connectivity index (χ3v) is 4.92. The number of likely N-dealkylation sites (tertiary alicyclic amines) is 1. The van der Waals surface area contributed by atoms with Crippen LogP contribution in [0.5, 0.6) is 5.75 Å². The first-order chi connectivity index (χ1) is 12.8. The molecule has 1 aliphatic heterocycles. The van der Waals surface area contributed by atoms with Crippen LogP contribution in [0.3, 0.4) is 0 Å². The van der Waals surface area contributed by atoms with Crippen LogP contribution in [0.4, 0.5) is 0 Å². The van der Waals surface area contributed by atoms with E-state index >= 15 is 0 Å². The molecule has 27 heavy (non-hydrogen) atoms. The summed E-state index contributed by atoms with van der Waals surface area (Å²) in [5, 5.41) is 0. The predicted molar refractivity (Wildman–Crippen MR) is 107 cm³/mol. The molecule has 0 aliphatic carbocycles. The minimum absolute atomic E-state index is 0.204. The van der Waals surface area contributed by atoms with E-state index in [0.717, 1.165) is 6.54 Å². The van der Waals surface area contributed by atoms with Crippen molar-refractivity contribution in [1.82, 2.24) is 4.90 Å². The minimum atomic E-state index is -0.988. The van der Waals surface area contributed by atoms with Crippen LogP contribution >= 0.6 is 0 Å². The topological polar surface area (TPSA) is 38.8 Å². The van der Waals surface area contributed by atoms with E-state index < -0.39 is 11.2 Å². The van der Waals surface area contributed by atoms with Gasteiger partial charge in [-0.3, -0.25) is 4.90 Å². The van der Waals surface area contributed by atoms with Gasteiger partial charge >= 0.3 is 5.97 Å². The Morgan fingerprint density at radius 1 is 1.04 bits per heavy atom. The fourth-order valence-electron chi connectivity index (χ4n) is 3.46. The third-order valence-electron chi connectivity index (χ3n) is 4.92. The molecule has 0 N–H and O–H groups in total. The first-order valence-corrected chi connectivity index (χ1v) is 9.56. The number of ether oxygens (including phenoxy) is 2. The largest absolute Gasteiger partial charge is 0.474 e. The van der Waals surface area contributed by atoms with Crippen LogP contribution < -0.4 is 4.74 Å². The number of carbonyl (C=O) groups is 1. The highest BCUT2D eigenvalue weighted by Gasteiger charge is 2.50. The predicted octanol–water partition coefficient (Wildman–Crippen LogP) is 4.61. The quantitative estimate of drug-likeness (QED) is 0.723. The lowest BCUT2D eigenvalue weighted by molar-refractivity contribution is -0.173. The van der Waals surface area contributed by atoms with Crippen LogP contribution in [0.2, 0.25) is 0 Å². The summed E-state index contributed by atoms with van der Waals surface area (Å²) in [7, 11) is 0. The molecule has 0 amide bonds. The molecular weight excluding hydrogens is 338 g/mol. The Morgan fingerprint density at radius 2 is 1.63 bits per heavy atom. The SMILES string of the molecule is C[C@H](c1ccccc1)N1CCC(Oc2ccccc2)(C(=O)OC(C)(C)C)C1. The lowest BCUT2D eigenvalue weighted by atomic mass is 10.0. The molecular formula is C23H29NO3. The van der Waals surface area contributed by atoms with Crippen LogP contribution in [0.1, 0.15) is 45.7 Å². The fraction of sp³-hybridized carbons (Fsp3) is 0.435. The van der Waals surface area contributed by atoms with Crippen molar-refractivity contribution in [3.8, 4) is 5.75 Å². The van der Waals surface area contributed by atoms with Gasteiger partial charge in [-0.1, -0.05) is 48.5 Å². The maximum Gasteiger partial charge on any atom is 0.352 e. The molecule has 1 saturated heterocycles. The number of hydrogen-bond donors (Lipinski definition) is 0. The first kappa shape index (κ1) is 19.4. The molecule has 4 heteroatoms. The van der Waals surface area contributed by atoms with Crippen molar-refractivity contribution >= 4 is 5.97 Å². The third kappa shape index (κ3) is 4.69. The number of rotatable bonds is 5. The maximum atomic E-state index is 13.1. The Bertz CT molecular complexity index is 754. The molecule has 1 fully saturated rings. The van der Waals surface area contributed by atoms with Gasteiger partial charge in [0.05, 0.1) is 0 Å². The van der Waals surface area contributed by atoms with Gasteiger partial charge in [-0.2, -0.15) is 0 Å². The lowest BCUT2D eigenvalue weighted by Gasteiger charge is -2.33. The zero-order valence-electron chi connectivity index (χ0n) is 16.6. The highest BCUT2D eigenvalue weighted by Crippen LogP contribution is 2.35. The number of nitrogens with zero attached hydrogens (tertiary/aromatic N) is 1. The molecule has 3 rings (SSSR count). The highest BCUT2D eigenvalue weighted by molar-refractivity contribution is 5.81. The van der Waals surface area contributed by atoms with Crippen molar-refractivity contribution in [2.24, 2.45) is 0 Å². The van der Waals surface area contributed by atoms with E-state index in [4.69, 9.17) is 9.47 Å². The Balaban J connectivity index is 1.84. The van der Waals surface area contributed by atoms with Gasteiger partial charge in [0.25, 0.3) is 0 Å². The molecule has 0 saturated carbocycles. The van der Waals surface area contributed by atoms with Crippen LogP contribution in [0, 0.1) is 0 Å². The second kappa shape index (κ2) is 7.73. The monoisotopic (exact) mass is 367 g/mol. The number of esters is 1. The van der Waals surface area contributed by atoms with E-state index in [0.29, 0.717) is 18.7 Å². The Hall–Kier alpha value is -2.33. The van der Waals surface area contributed by atoms with Gasteiger partial charge < -0.3 is 9.47 Å². The van der Waals surface area contributed by atoms with E-state index in [-0.39, 0.29) is 12.0 Å². The summed E-state index contributed by atoms with van der Waals surface area (Å²) in [5.74, 6) is 0.402. The summed E-state index contributed by atoms with van der Waals surface area (Å²) in [6.07, 6.45) is 0.605. The molecule has 1 heterocycles. The summed E-state index contributed by atoms with van der Waals surface area (Å²) in [6.45, 7) is 9.12. The van der Waals surface area contributed by atoms with Gasteiger partial charge in [-0.05, 0) is 45.4 Å². The molecule has 0 spiro atoms. The molecule has 0 bridgehead atoms. The van der Waals surface area contributed by atoms with Gasteiger partial charge in [0.15, 0.2) is 0 Å². The minimum Gasteiger partial charge on any atom is -0.474 e. The summed E-state index contributed by atoms with van der Waals surface area (Å²) in [5.41, 5.74) is -0.308. The average Bonchev–Trinajstić information content (AvgIpc) is 3.07. The summed E-state index contributed by atoms with van der Waals surface area (Å²) in [6, 6.07) is 20.1. The molecule has 0 radical (unpaired) electrons. The Morgan fingerprint density at radius 3 is 2.22 bits per heavy atom. The Labute approximate surface area is 162 Å². The van der Waals surface area contributed by atoms with Crippen LogP contribution in [0.15, 0.2) is 60.7 Å². The van der Waals surface area contributed by atoms with E-state index in [9.17, 15) is 4.79 Å².